The number of nitrogens with zero attached hydrogens (tertiary/aromatic N) is 3. The van der Waals surface area contributed by atoms with Gasteiger partial charge in [-0.05, 0) is 54.8 Å². The van der Waals surface area contributed by atoms with Crippen molar-refractivity contribution in [2.75, 3.05) is 26.2 Å². The third-order valence-electron chi connectivity index (χ3n) is 4.99. The molecule has 0 aliphatic carbocycles. The van der Waals surface area contributed by atoms with Gasteiger partial charge in [0.15, 0.2) is 0 Å². The van der Waals surface area contributed by atoms with E-state index in [-0.39, 0.29) is 10.8 Å². The first kappa shape index (κ1) is 19.5. The van der Waals surface area contributed by atoms with Crippen LogP contribution in [-0.4, -0.2) is 55.3 Å². The smallest absolute Gasteiger partial charge is 0.253 e. The highest BCUT2D eigenvalue weighted by Gasteiger charge is 2.24. The van der Waals surface area contributed by atoms with Gasteiger partial charge in [-0.2, -0.15) is 0 Å². The van der Waals surface area contributed by atoms with E-state index in [0.29, 0.717) is 24.2 Å². The molecule has 1 amide bonds. The predicted octanol–water partition coefficient (Wildman–Crippen LogP) is 1.30. The number of rotatable bonds is 4. The Morgan fingerprint density at radius 1 is 1.11 bits per heavy atom. The maximum atomic E-state index is 12.9. The SMILES string of the molecule is Cc1cc(C(=O)N2CCN(Cc3ccncc3)CC2)cc(S(N)(=O)=O)c1C. The summed E-state index contributed by atoms with van der Waals surface area (Å²) < 4.78 is 23.6. The fourth-order valence-electron chi connectivity index (χ4n) is 3.28. The van der Waals surface area contributed by atoms with Gasteiger partial charge in [0.1, 0.15) is 0 Å². The first-order valence-electron chi connectivity index (χ1n) is 8.80. The third-order valence-corrected chi connectivity index (χ3v) is 6.03. The summed E-state index contributed by atoms with van der Waals surface area (Å²) in [5.74, 6) is -0.161. The van der Waals surface area contributed by atoms with E-state index in [1.807, 2.05) is 12.1 Å². The Balaban J connectivity index is 1.70. The molecular formula is C19H24N4O3S. The van der Waals surface area contributed by atoms with E-state index in [1.54, 1.807) is 37.2 Å². The molecule has 1 aromatic carbocycles. The molecule has 1 aliphatic rings. The number of pyridine rings is 1. The quantitative estimate of drug-likeness (QED) is 0.852. The van der Waals surface area contributed by atoms with Crippen LogP contribution in [0.25, 0.3) is 0 Å². The van der Waals surface area contributed by atoms with Crippen LogP contribution in [0.5, 0.6) is 0 Å². The minimum atomic E-state index is -3.87. The lowest BCUT2D eigenvalue weighted by Gasteiger charge is -2.35. The molecule has 7 nitrogen and oxygen atoms in total. The molecule has 1 aliphatic heterocycles. The first-order valence-corrected chi connectivity index (χ1v) is 10.3. The van der Waals surface area contributed by atoms with Gasteiger partial charge in [-0.3, -0.25) is 14.7 Å². The molecule has 0 saturated carbocycles. The largest absolute Gasteiger partial charge is 0.336 e. The second kappa shape index (κ2) is 7.75. The van der Waals surface area contributed by atoms with Crippen molar-refractivity contribution < 1.29 is 13.2 Å². The molecule has 1 saturated heterocycles. The van der Waals surface area contributed by atoms with Crippen molar-refractivity contribution >= 4 is 15.9 Å². The molecule has 0 bridgehead atoms. The number of aromatic nitrogens is 1. The van der Waals surface area contributed by atoms with Gasteiger partial charge in [-0.1, -0.05) is 0 Å². The molecule has 2 N–H and O–H groups in total. The second-order valence-electron chi connectivity index (χ2n) is 6.89. The fraction of sp³-hybridized carbons (Fsp3) is 0.368. The van der Waals surface area contributed by atoms with Crippen molar-refractivity contribution in [1.29, 1.82) is 0 Å². The summed E-state index contributed by atoms with van der Waals surface area (Å²) >= 11 is 0. The highest BCUT2D eigenvalue weighted by molar-refractivity contribution is 7.89. The summed E-state index contributed by atoms with van der Waals surface area (Å²) in [5.41, 5.74) is 2.87. The molecular weight excluding hydrogens is 364 g/mol. The fourth-order valence-corrected chi connectivity index (χ4v) is 4.16. The normalized spacial score (nSPS) is 15.7. The maximum Gasteiger partial charge on any atom is 0.253 e. The highest BCUT2D eigenvalue weighted by Crippen LogP contribution is 2.21. The number of carbonyl (C=O) groups is 1. The zero-order valence-corrected chi connectivity index (χ0v) is 16.4. The van der Waals surface area contributed by atoms with E-state index in [9.17, 15) is 13.2 Å². The molecule has 144 valence electrons. The molecule has 27 heavy (non-hydrogen) atoms. The van der Waals surface area contributed by atoms with E-state index in [1.165, 1.54) is 11.6 Å². The molecule has 3 rings (SSSR count). The van der Waals surface area contributed by atoms with Gasteiger partial charge in [0.05, 0.1) is 4.90 Å². The minimum absolute atomic E-state index is 0.0159. The molecule has 1 aromatic heterocycles. The van der Waals surface area contributed by atoms with Crippen molar-refractivity contribution in [3.8, 4) is 0 Å². The number of amides is 1. The van der Waals surface area contributed by atoms with Crippen LogP contribution in [0.3, 0.4) is 0 Å². The van der Waals surface area contributed by atoms with Gasteiger partial charge in [0.25, 0.3) is 5.91 Å². The molecule has 0 radical (unpaired) electrons. The van der Waals surface area contributed by atoms with Crippen LogP contribution in [0.1, 0.15) is 27.0 Å². The number of piperazine rings is 1. The minimum Gasteiger partial charge on any atom is -0.336 e. The number of sulfonamides is 1. The Kier molecular flexibility index (Phi) is 5.59. The lowest BCUT2D eigenvalue weighted by Crippen LogP contribution is -2.48. The second-order valence-corrected chi connectivity index (χ2v) is 8.41. The molecule has 2 aromatic rings. The summed E-state index contributed by atoms with van der Waals surface area (Å²) in [6.07, 6.45) is 3.55. The van der Waals surface area contributed by atoms with Crippen LogP contribution in [-0.2, 0) is 16.6 Å². The number of hydrogen-bond donors (Lipinski definition) is 1. The Labute approximate surface area is 159 Å². The molecule has 0 spiro atoms. The summed E-state index contributed by atoms with van der Waals surface area (Å²) in [7, 11) is -3.87. The average molecular weight is 388 g/mol. The maximum absolute atomic E-state index is 12.9. The van der Waals surface area contributed by atoms with E-state index in [4.69, 9.17) is 5.14 Å². The van der Waals surface area contributed by atoms with Crippen molar-refractivity contribution in [3.05, 3.63) is 58.9 Å². The van der Waals surface area contributed by atoms with Gasteiger partial charge in [0, 0.05) is 50.7 Å². The zero-order chi connectivity index (χ0) is 19.6. The van der Waals surface area contributed by atoms with Crippen LogP contribution in [0, 0.1) is 13.8 Å². The van der Waals surface area contributed by atoms with Crippen LogP contribution < -0.4 is 5.14 Å². The van der Waals surface area contributed by atoms with E-state index < -0.39 is 10.0 Å². The summed E-state index contributed by atoms with van der Waals surface area (Å²) in [4.78, 5) is 21.0. The van der Waals surface area contributed by atoms with E-state index in [0.717, 1.165) is 25.2 Å². The first-order chi connectivity index (χ1) is 12.8. The number of hydrogen-bond acceptors (Lipinski definition) is 5. The summed E-state index contributed by atoms with van der Waals surface area (Å²) in [6.45, 7) is 7.03. The van der Waals surface area contributed by atoms with Gasteiger partial charge in [-0.25, -0.2) is 13.6 Å². The van der Waals surface area contributed by atoms with Gasteiger partial charge >= 0.3 is 0 Å². The standard InChI is InChI=1S/C19H24N4O3S/c1-14-11-17(12-18(15(14)2)27(20,25)26)19(24)23-9-7-22(8-10-23)13-16-3-5-21-6-4-16/h3-6,11-12H,7-10,13H2,1-2H3,(H2,20,25,26). The topological polar surface area (TPSA) is 96.6 Å². The van der Waals surface area contributed by atoms with E-state index >= 15 is 0 Å². The average Bonchev–Trinajstić information content (AvgIpc) is 2.64. The molecule has 0 unspecified atom stereocenters. The molecule has 0 atom stereocenters. The monoisotopic (exact) mass is 388 g/mol. The molecule has 1 fully saturated rings. The Bertz CT molecular complexity index is 937. The van der Waals surface area contributed by atoms with Crippen molar-refractivity contribution in [1.82, 2.24) is 14.8 Å². The van der Waals surface area contributed by atoms with Gasteiger partial charge < -0.3 is 4.90 Å². The Morgan fingerprint density at radius 2 is 1.74 bits per heavy atom. The highest BCUT2D eigenvalue weighted by atomic mass is 32.2. The Hall–Kier alpha value is -2.29. The van der Waals surface area contributed by atoms with Gasteiger partial charge in [-0.15, -0.1) is 0 Å². The van der Waals surface area contributed by atoms with Gasteiger partial charge in [0.2, 0.25) is 10.0 Å². The lowest BCUT2D eigenvalue weighted by atomic mass is 10.0. The summed E-state index contributed by atoms with van der Waals surface area (Å²) in [6, 6.07) is 7.10. The van der Waals surface area contributed by atoms with Crippen LogP contribution in [0.15, 0.2) is 41.6 Å². The van der Waals surface area contributed by atoms with Crippen molar-refractivity contribution in [2.45, 2.75) is 25.3 Å². The van der Waals surface area contributed by atoms with Crippen LogP contribution in [0.4, 0.5) is 0 Å². The van der Waals surface area contributed by atoms with E-state index in [2.05, 4.69) is 9.88 Å². The van der Waals surface area contributed by atoms with Crippen LogP contribution in [0.2, 0.25) is 0 Å². The predicted molar refractivity (Wildman–Crippen MR) is 103 cm³/mol. The number of carbonyl (C=O) groups excluding carboxylic acids is 1. The number of aryl methyl sites for hydroxylation is 1. The number of primary sulfonamides is 1. The molecule has 8 heteroatoms. The van der Waals surface area contributed by atoms with Crippen LogP contribution >= 0.6 is 0 Å². The third kappa shape index (κ3) is 4.52. The molecule has 2 heterocycles. The summed E-state index contributed by atoms with van der Waals surface area (Å²) in [5, 5.41) is 5.30. The van der Waals surface area contributed by atoms with Crippen molar-refractivity contribution in [3.63, 3.8) is 0 Å². The Morgan fingerprint density at radius 3 is 2.33 bits per heavy atom. The van der Waals surface area contributed by atoms with Crippen molar-refractivity contribution in [2.24, 2.45) is 5.14 Å². The zero-order valence-electron chi connectivity index (χ0n) is 15.6. The lowest BCUT2D eigenvalue weighted by molar-refractivity contribution is 0.0628. The number of nitrogens with two attached hydrogens (primary N) is 1. The number of benzene rings is 1.